The number of aliphatic hydroxyl groups is 1. The van der Waals surface area contributed by atoms with Gasteiger partial charge in [-0.15, -0.1) is 0 Å². The molecule has 0 bridgehead atoms. The fraction of sp³-hybridized carbons (Fsp3) is 0.692. The predicted octanol–water partition coefficient (Wildman–Crippen LogP) is 3.00. The lowest BCUT2D eigenvalue weighted by atomic mass is 9.85. The van der Waals surface area contributed by atoms with Crippen molar-refractivity contribution < 1.29 is 5.11 Å². The molecule has 1 nitrogen and oxygen atoms in total. The van der Waals surface area contributed by atoms with E-state index in [4.69, 9.17) is 5.11 Å². The first-order chi connectivity index (χ1) is 6.23. The van der Waals surface area contributed by atoms with E-state index in [1.165, 1.54) is 0 Å². The summed E-state index contributed by atoms with van der Waals surface area (Å²) in [5.41, 5.74) is 1.17. The molecule has 0 fully saturated rings. The predicted molar refractivity (Wildman–Crippen MR) is 61.8 cm³/mol. The van der Waals surface area contributed by atoms with Crippen LogP contribution in [0.2, 0.25) is 0 Å². The summed E-state index contributed by atoms with van der Waals surface area (Å²) >= 11 is 0. The molecule has 0 spiro atoms. The molecule has 0 aromatic rings. The van der Waals surface area contributed by atoms with Crippen molar-refractivity contribution in [1.29, 1.82) is 0 Å². The van der Waals surface area contributed by atoms with Crippen LogP contribution < -0.4 is 0 Å². The maximum Gasteiger partial charge on any atom is 0.112 e. The van der Waals surface area contributed by atoms with Crippen molar-refractivity contribution in [3.63, 3.8) is 0 Å². The fourth-order valence-electron chi connectivity index (χ4n) is 0.995. The molecule has 0 aliphatic carbocycles. The lowest BCUT2D eigenvalue weighted by Gasteiger charge is -2.19. The second-order valence-electron chi connectivity index (χ2n) is 5.02. The molecule has 0 amide bonds. The second kappa shape index (κ2) is 5.22. The second-order valence-corrected chi connectivity index (χ2v) is 5.02. The minimum absolute atomic E-state index is 0.0617. The Bertz CT molecular complexity index is 253. The average Bonchev–Trinajstić information content (AvgIpc) is 1.94. The Morgan fingerprint density at radius 2 is 1.71 bits per heavy atom. The van der Waals surface area contributed by atoms with Gasteiger partial charge in [-0.3, -0.25) is 0 Å². The smallest absolute Gasteiger partial charge is 0.112 e. The molecule has 1 atom stereocenters. The number of allylic oxidation sites excluding steroid dienone is 2. The molecular weight excluding hydrogens is 172 g/mol. The molecule has 0 radical (unpaired) electrons. The van der Waals surface area contributed by atoms with Crippen molar-refractivity contribution in [2.24, 2.45) is 11.3 Å². The third kappa shape index (κ3) is 5.83. The maximum absolute atomic E-state index is 9.10. The number of hydrogen-bond acceptors (Lipinski definition) is 1. The molecule has 1 heteroatoms. The number of rotatable bonds is 1. The van der Waals surface area contributed by atoms with Crippen LogP contribution in [0.5, 0.6) is 0 Å². The van der Waals surface area contributed by atoms with E-state index in [2.05, 4.69) is 52.5 Å². The number of hydrogen-bond donors (Lipinski definition) is 1. The molecule has 1 unspecified atom stereocenters. The Kier molecular flexibility index (Phi) is 4.94. The topological polar surface area (TPSA) is 20.2 Å². The summed E-state index contributed by atoms with van der Waals surface area (Å²) in [7, 11) is 0. The van der Waals surface area contributed by atoms with Gasteiger partial charge in [0.2, 0.25) is 0 Å². The van der Waals surface area contributed by atoms with Gasteiger partial charge in [0.1, 0.15) is 6.10 Å². The number of aliphatic hydroxyl groups excluding tert-OH is 1. The van der Waals surface area contributed by atoms with E-state index in [0.717, 1.165) is 5.57 Å². The molecule has 0 aromatic carbocycles. The van der Waals surface area contributed by atoms with Gasteiger partial charge >= 0.3 is 0 Å². The third-order valence-corrected chi connectivity index (χ3v) is 1.72. The summed E-state index contributed by atoms with van der Waals surface area (Å²) in [6, 6.07) is 0. The largest absolute Gasteiger partial charge is 0.381 e. The Balaban J connectivity index is 4.89. The van der Waals surface area contributed by atoms with E-state index in [-0.39, 0.29) is 5.41 Å². The van der Waals surface area contributed by atoms with Crippen molar-refractivity contribution in [3.05, 3.63) is 11.6 Å². The molecule has 14 heavy (non-hydrogen) atoms. The molecule has 0 rings (SSSR count). The van der Waals surface area contributed by atoms with E-state index < -0.39 is 6.10 Å². The van der Waals surface area contributed by atoms with Gasteiger partial charge in [-0.05, 0) is 18.3 Å². The van der Waals surface area contributed by atoms with E-state index in [1.54, 1.807) is 6.92 Å². The zero-order valence-electron chi connectivity index (χ0n) is 10.2. The first kappa shape index (κ1) is 13.3. The third-order valence-electron chi connectivity index (χ3n) is 1.72. The van der Waals surface area contributed by atoms with Crippen LogP contribution in [0.15, 0.2) is 11.6 Å². The summed E-state index contributed by atoms with van der Waals surface area (Å²) in [5.74, 6) is 6.34. The highest BCUT2D eigenvalue weighted by atomic mass is 16.3. The summed E-state index contributed by atoms with van der Waals surface area (Å²) in [6.07, 6.45) is 1.61. The molecule has 0 saturated heterocycles. The molecule has 0 heterocycles. The molecule has 0 aromatic heterocycles. The molecule has 1 N–H and O–H groups in total. The highest BCUT2D eigenvalue weighted by molar-refractivity contribution is 5.34. The van der Waals surface area contributed by atoms with Gasteiger partial charge in [-0.1, -0.05) is 52.5 Å². The Hall–Kier alpha value is -0.740. The summed E-state index contributed by atoms with van der Waals surface area (Å²) in [5, 5.41) is 9.10. The van der Waals surface area contributed by atoms with Crippen LogP contribution in [0, 0.1) is 23.2 Å². The normalized spacial score (nSPS) is 15.0. The minimum Gasteiger partial charge on any atom is -0.381 e. The van der Waals surface area contributed by atoms with E-state index in [9.17, 15) is 0 Å². The molecular formula is C13H22O. The Morgan fingerprint density at radius 1 is 1.21 bits per heavy atom. The average molecular weight is 194 g/mol. The van der Waals surface area contributed by atoms with Gasteiger partial charge in [-0.25, -0.2) is 0 Å². The van der Waals surface area contributed by atoms with Crippen LogP contribution in [0.1, 0.15) is 41.5 Å². The lowest BCUT2D eigenvalue weighted by molar-refractivity contribution is 0.253. The van der Waals surface area contributed by atoms with Crippen molar-refractivity contribution in [2.75, 3.05) is 0 Å². The lowest BCUT2D eigenvalue weighted by Crippen LogP contribution is -2.09. The summed E-state index contributed by atoms with van der Waals surface area (Å²) < 4.78 is 0. The fourth-order valence-corrected chi connectivity index (χ4v) is 0.995. The highest BCUT2D eigenvalue weighted by Gasteiger charge is 2.15. The standard InChI is InChI=1S/C13H22O/c1-10(2)9-12(13(4,5)6)8-7-11(3)14/h9-11,14H,1-6H3/b12-9-. The molecule has 0 aliphatic heterocycles. The van der Waals surface area contributed by atoms with Crippen molar-refractivity contribution in [3.8, 4) is 11.8 Å². The zero-order valence-corrected chi connectivity index (χ0v) is 10.2. The maximum atomic E-state index is 9.10. The molecule has 80 valence electrons. The van der Waals surface area contributed by atoms with Crippen LogP contribution in [0.25, 0.3) is 0 Å². The highest BCUT2D eigenvalue weighted by Crippen LogP contribution is 2.25. The summed E-state index contributed by atoms with van der Waals surface area (Å²) in [4.78, 5) is 0. The quantitative estimate of drug-likeness (QED) is 0.636. The van der Waals surface area contributed by atoms with E-state index in [1.807, 2.05) is 0 Å². The van der Waals surface area contributed by atoms with Gasteiger partial charge in [0.15, 0.2) is 0 Å². The van der Waals surface area contributed by atoms with Gasteiger partial charge < -0.3 is 5.11 Å². The van der Waals surface area contributed by atoms with Crippen LogP contribution in [0.4, 0.5) is 0 Å². The zero-order chi connectivity index (χ0) is 11.4. The first-order valence-corrected chi connectivity index (χ1v) is 5.15. The van der Waals surface area contributed by atoms with E-state index >= 15 is 0 Å². The molecule has 0 saturated carbocycles. The van der Waals surface area contributed by atoms with Gasteiger partial charge in [0.25, 0.3) is 0 Å². The van der Waals surface area contributed by atoms with Crippen molar-refractivity contribution in [1.82, 2.24) is 0 Å². The monoisotopic (exact) mass is 194 g/mol. The van der Waals surface area contributed by atoms with E-state index in [0.29, 0.717) is 5.92 Å². The van der Waals surface area contributed by atoms with Crippen molar-refractivity contribution in [2.45, 2.75) is 47.6 Å². The van der Waals surface area contributed by atoms with Crippen LogP contribution in [-0.4, -0.2) is 11.2 Å². The van der Waals surface area contributed by atoms with Gasteiger partial charge in [0, 0.05) is 5.57 Å². The van der Waals surface area contributed by atoms with Gasteiger partial charge in [0.05, 0.1) is 0 Å². The minimum atomic E-state index is -0.548. The van der Waals surface area contributed by atoms with Crippen LogP contribution in [0.3, 0.4) is 0 Å². The van der Waals surface area contributed by atoms with Crippen LogP contribution >= 0.6 is 0 Å². The van der Waals surface area contributed by atoms with Gasteiger partial charge in [-0.2, -0.15) is 0 Å². The summed E-state index contributed by atoms with van der Waals surface area (Å²) in [6.45, 7) is 12.4. The molecule has 0 aliphatic rings. The van der Waals surface area contributed by atoms with Crippen molar-refractivity contribution >= 4 is 0 Å². The first-order valence-electron chi connectivity index (χ1n) is 5.15. The SMILES string of the molecule is CC(O)C#C/C(=C/C(C)C)C(C)(C)C. The Morgan fingerprint density at radius 3 is 2.00 bits per heavy atom. The Labute approximate surface area is 88.2 Å². The van der Waals surface area contributed by atoms with Crippen LogP contribution in [-0.2, 0) is 0 Å².